The van der Waals surface area contributed by atoms with Crippen LogP contribution in [0.15, 0.2) is 73.3 Å². The molecule has 0 saturated carbocycles. The quantitative estimate of drug-likeness (QED) is 0.164. The lowest BCUT2D eigenvalue weighted by atomic mass is 9.82. The van der Waals surface area contributed by atoms with Crippen LogP contribution in [0.25, 0.3) is 0 Å². The molecule has 0 saturated heterocycles. The third kappa shape index (κ3) is 9.96. The number of nitrogens with zero attached hydrogens (tertiary/aromatic N) is 4. The van der Waals surface area contributed by atoms with Gasteiger partial charge in [0.25, 0.3) is 0 Å². The summed E-state index contributed by atoms with van der Waals surface area (Å²) in [7, 11) is 7.11. The van der Waals surface area contributed by atoms with Crippen LogP contribution in [0.4, 0.5) is 0 Å². The molecule has 3 heterocycles. The highest BCUT2D eigenvalue weighted by molar-refractivity contribution is 7.71. The standard InChI is InChI=1S/C56H72N4O4S2/c1-53(2,3)43-23-35-21-36-24-44(54(4,5)6)28-40(48(36)62-14)32-59-19-20-60(52(59)66)34-42-30-46(56(10,11)12)26-38(50(42)64-16)22-37-25-45(55(7,8)9)29-41(49(37)63-15)33-58-18-17-57(51(58)65)31-39(27-43)47(35)61-13/h17-20,23-30H,21-22,31-34H2,1-16H3. The van der Waals surface area contributed by atoms with Gasteiger partial charge in [0.05, 0.1) is 54.6 Å². The molecule has 0 radical (unpaired) electrons. The Labute approximate surface area is 404 Å². The zero-order chi connectivity index (χ0) is 48.3. The van der Waals surface area contributed by atoms with Gasteiger partial charge in [0, 0.05) is 59.9 Å². The van der Waals surface area contributed by atoms with E-state index >= 15 is 0 Å². The van der Waals surface area contributed by atoms with Crippen LogP contribution in [0.5, 0.6) is 23.0 Å². The third-order valence-corrected chi connectivity index (χ3v) is 14.2. The monoisotopic (exact) mass is 928 g/mol. The molecule has 12 bridgehead atoms. The lowest BCUT2D eigenvalue weighted by Crippen LogP contribution is -2.16. The molecular weight excluding hydrogens is 857 g/mol. The van der Waals surface area contributed by atoms with E-state index in [4.69, 9.17) is 43.4 Å². The predicted octanol–water partition coefficient (Wildman–Crippen LogP) is 13.3. The fourth-order valence-electron chi connectivity index (χ4n) is 9.33. The lowest BCUT2D eigenvalue weighted by Gasteiger charge is -2.26. The molecule has 2 aromatic heterocycles. The Bertz CT molecular complexity index is 2510. The first kappa shape index (κ1) is 48.9. The van der Waals surface area contributed by atoms with Crippen LogP contribution in [0.3, 0.4) is 0 Å². The maximum Gasteiger partial charge on any atom is 0.180 e. The molecule has 1 aliphatic heterocycles. The van der Waals surface area contributed by atoms with Crippen molar-refractivity contribution in [2.45, 2.75) is 144 Å². The van der Waals surface area contributed by atoms with Crippen LogP contribution in [0.1, 0.15) is 150 Å². The second-order valence-corrected chi connectivity index (χ2v) is 23.1. The first-order valence-electron chi connectivity index (χ1n) is 23.2. The molecule has 352 valence electrons. The Kier molecular flexibility index (Phi) is 13.5. The average molecular weight is 929 g/mol. The number of fused-ring (bicyclic) bond motifs is 12. The summed E-state index contributed by atoms with van der Waals surface area (Å²) in [6.07, 6.45) is 9.60. The van der Waals surface area contributed by atoms with Crippen molar-refractivity contribution in [2.24, 2.45) is 0 Å². The Morgan fingerprint density at radius 2 is 0.515 bits per heavy atom. The molecule has 7 rings (SSSR count). The summed E-state index contributed by atoms with van der Waals surface area (Å²) < 4.78 is 35.6. The second-order valence-electron chi connectivity index (χ2n) is 22.3. The van der Waals surface area contributed by atoms with Crippen LogP contribution in [-0.4, -0.2) is 46.7 Å². The van der Waals surface area contributed by atoms with Crippen molar-refractivity contribution in [1.82, 2.24) is 18.3 Å². The van der Waals surface area contributed by atoms with E-state index in [-0.39, 0.29) is 21.7 Å². The number of imidazole rings is 2. The van der Waals surface area contributed by atoms with Gasteiger partial charge in [-0.05, 0) is 115 Å². The fraction of sp³-hybridized carbons (Fsp3) is 0.464. The molecule has 0 amide bonds. The van der Waals surface area contributed by atoms with Gasteiger partial charge in [-0.25, -0.2) is 0 Å². The minimum Gasteiger partial charge on any atom is -0.496 e. The lowest BCUT2D eigenvalue weighted by molar-refractivity contribution is 0.397. The van der Waals surface area contributed by atoms with Gasteiger partial charge in [-0.1, -0.05) is 107 Å². The molecule has 8 nitrogen and oxygen atoms in total. The average Bonchev–Trinajstić information content (AvgIpc) is 3.74. The van der Waals surface area contributed by atoms with Crippen LogP contribution in [-0.2, 0) is 60.7 Å². The molecule has 0 aliphatic carbocycles. The Morgan fingerprint density at radius 1 is 0.333 bits per heavy atom. The van der Waals surface area contributed by atoms with E-state index in [0.29, 0.717) is 39.0 Å². The Morgan fingerprint density at radius 3 is 0.682 bits per heavy atom. The maximum atomic E-state index is 6.39. The van der Waals surface area contributed by atoms with Gasteiger partial charge >= 0.3 is 0 Å². The third-order valence-electron chi connectivity index (χ3n) is 13.2. The van der Waals surface area contributed by atoms with Crippen LogP contribution in [0, 0.1) is 9.54 Å². The predicted molar refractivity (Wildman–Crippen MR) is 275 cm³/mol. The number of ether oxygens (including phenoxy) is 4. The van der Waals surface area contributed by atoms with Gasteiger partial charge in [-0.2, -0.15) is 0 Å². The van der Waals surface area contributed by atoms with Crippen molar-refractivity contribution < 1.29 is 18.9 Å². The van der Waals surface area contributed by atoms with Gasteiger partial charge in [0.2, 0.25) is 0 Å². The maximum absolute atomic E-state index is 6.39. The topological polar surface area (TPSA) is 56.6 Å². The van der Waals surface area contributed by atoms with E-state index in [1.807, 2.05) is 0 Å². The first-order valence-corrected chi connectivity index (χ1v) is 24.0. The molecule has 0 atom stereocenters. The minimum atomic E-state index is -0.122. The van der Waals surface area contributed by atoms with Gasteiger partial charge in [-0.3, -0.25) is 0 Å². The van der Waals surface area contributed by atoms with Crippen molar-refractivity contribution in [3.05, 3.63) is 150 Å². The Balaban J connectivity index is 1.52. The molecule has 66 heavy (non-hydrogen) atoms. The molecular formula is C56H72N4O4S2. The molecule has 1 aliphatic rings. The number of benzene rings is 4. The van der Waals surface area contributed by atoms with Gasteiger partial charge < -0.3 is 37.2 Å². The van der Waals surface area contributed by atoms with Crippen molar-refractivity contribution in [2.75, 3.05) is 28.4 Å². The molecule has 0 N–H and O–H groups in total. The van der Waals surface area contributed by atoms with Gasteiger partial charge in [-0.15, -0.1) is 0 Å². The number of aromatic nitrogens is 4. The second kappa shape index (κ2) is 18.2. The zero-order valence-corrected chi connectivity index (χ0v) is 44.0. The van der Waals surface area contributed by atoms with E-state index in [0.717, 1.165) is 77.0 Å². The number of methoxy groups -OCH3 is 4. The Hall–Kier alpha value is -5.06. The van der Waals surface area contributed by atoms with Gasteiger partial charge in [0.15, 0.2) is 9.54 Å². The summed E-state index contributed by atoms with van der Waals surface area (Å²) in [6.45, 7) is 29.4. The molecule has 4 aromatic carbocycles. The van der Waals surface area contributed by atoms with Crippen LogP contribution < -0.4 is 18.9 Å². The van der Waals surface area contributed by atoms with Crippen molar-refractivity contribution >= 4 is 24.4 Å². The molecule has 10 heteroatoms. The highest BCUT2D eigenvalue weighted by Crippen LogP contribution is 2.41. The normalized spacial score (nSPS) is 13.8. The van der Waals surface area contributed by atoms with E-state index in [9.17, 15) is 0 Å². The van der Waals surface area contributed by atoms with Crippen molar-refractivity contribution in [3.8, 4) is 23.0 Å². The first-order chi connectivity index (χ1) is 30.8. The smallest absolute Gasteiger partial charge is 0.180 e. The highest BCUT2D eigenvalue weighted by Gasteiger charge is 2.27. The summed E-state index contributed by atoms with van der Waals surface area (Å²) >= 11 is 12.7. The number of hydrogen-bond donors (Lipinski definition) is 0. The van der Waals surface area contributed by atoms with Crippen molar-refractivity contribution in [1.29, 1.82) is 0 Å². The van der Waals surface area contributed by atoms with Crippen LogP contribution in [0.2, 0.25) is 0 Å². The van der Waals surface area contributed by atoms with E-state index < -0.39 is 0 Å². The summed E-state index contributed by atoms with van der Waals surface area (Å²) in [5.41, 5.74) is 13.1. The summed E-state index contributed by atoms with van der Waals surface area (Å²) in [5.74, 6) is 3.42. The van der Waals surface area contributed by atoms with E-state index in [1.165, 1.54) is 22.3 Å². The van der Waals surface area contributed by atoms with E-state index in [2.05, 4.69) is 175 Å². The van der Waals surface area contributed by atoms with E-state index in [1.54, 1.807) is 28.4 Å². The minimum absolute atomic E-state index is 0.122. The van der Waals surface area contributed by atoms with Crippen molar-refractivity contribution in [3.63, 3.8) is 0 Å². The summed E-state index contributed by atoms with van der Waals surface area (Å²) in [5, 5.41) is 0. The molecule has 6 aromatic rings. The van der Waals surface area contributed by atoms with Gasteiger partial charge in [0.1, 0.15) is 23.0 Å². The molecule has 0 unspecified atom stereocenters. The molecule has 0 spiro atoms. The number of rotatable bonds is 4. The summed E-state index contributed by atoms with van der Waals surface area (Å²) in [4.78, 5) is 0. The SMILES string of the molecule is COc1c2cc(C(C)(C)C)cc1Cn1ccn(c1=S)Cc1cc(C(C)(C)C)cc(c1OC)Cc1cc(C(C)(C)C)cc(c1OC)Cn1ccn(c1=S)Cc1cc(C(C)(C)C)cc(c1OC)C2. The highest BCUT2D eigenvalue weighted by atomic mass is 32.1. The zero-order valence-electron chi connectivity index (χ0n) is 42.4. The fourth-order valence-corrected chi connectivity index (χ4v) is 9.83. The van der Waals surface area contributed by atoms with Crippen LogP contribution >= 0.6 is 24.4 Å². The summed E-state index contributed by atoms with van der Waals surface area (Å²) in [6, 6.07) is 18.4. The number of hydrogen-bond acceptors (Lipinski definition) is 6. The largest absolute Gasteiger partial charge is 0.496 e. The molecule has 0 fully saturated rings.